The first kappa shape index (κ1) is 36.5. The number of ether oxygens (including phenoxy) is 1. The van der Waals surface area contributed by atoms with E-state index in [4.69, 9.17) is 9.15 Å². The quantitative estimate of drug-likeness (QED) is 0.153. The van der Waals surface area contributed by atoms with E-state index < -0.39 is 5.41 Å². The van der Waals surface area contributed by atoms with Gasteiger partial charge in [-0.2, -0.15) is 0 Å². The Morgan fingerprint density at radius 3 is 1.48 bits per heavy atom. The van der Waals surface area contributed by atoms with Crippen LogP contribution >= 0.6 is 0 Å². The molecule has 0 saturated heterocycles. The molecule has 0 unspecified atom stereocenters. The molecule has 1 aliphatic rings. The summed E-state index contributed by atoms with van der Waals surface area (Å²) in [6.07, 6.45) is 0. The van der Waals surface area contributed by atoms with E-state index in [-0.39, 0.29) is 0 Å². The molecule has 0 saturated carbocycles. The van der Waals surface area contributed by atoms with Gasteiger partial charge < -0.3 is 19.0 Å². The van der Waals surface area contributed by atoms with E-state index in [1.54, 1.807) is 0 Å². The highest BCUT2D eigenvalue weighted by Crippen LogP contribution is 2.58. The Hall–Kier alpha value is -8.34. The highest BCUT2D eigenvalue weighted by Gasteiger charge is 2.46. The van der Waals surface area contributed by atoms with Gasteiger partial charge >= 0.3 is 0 Å². The molecule has 0 spiro atoms. The highest BCUT2D eigenvalue weighted by molar-refractivity contribution is 6.06. The van der Waals surface area contributed by atoms with Crippen molar-refractivity contribution >= 4 is 66.8 Å². The maximum Gasteiger partial charge on any atom is 0.137 e. The number of nitrogens with zero attached hydrogens (tertiary/aromatic N) is 2. The molecule has 1 aliphatic heterocycles. The minimum atomic E-state index is -0.832. The zero-order valence-corrected chi connectivity index (χ0v) is 34.3. The van der Waals surface area contributed by atoms with Gasteiger partial charge in [0.1, 0.15) is 22.7 Å². The van der Waals surface area contributed by atoms with E-state index in [9.17, 15) is 0 Å². The first-order valence-corrected chi connectivity index (χ1v) is 21.4. The monoisotopic (exact) mass is 808 g/mol. The third kappa shape index (κ3) is 5.99. The van der Waals surface area contributed by atoms with Crippen molar-refractivity contribution in [3.63, 3.8) is 0 Å². The smallest absolute Gasteiger partial charge is 0.137 e. The van der Waals surface area contributed by atoms with Gasteiger partial charge in [0.25, 0.3) is 0 Å². The van der Waals surface area contributed by atoms with Crippen LogP contribution in [0.1, 0.15) is 22.3 Å². The van der Waals surface area contributed by atoms with Gasteiger partial charge in [-0.05, 0) is 113 Å². The topological polar surface area (TPSA) is 28.9 Å². The Bertz CT molecular complexity index is 3370. The molecular formula is C59H40N2O2. The van der Waals surface area contributed by atoms with Crippen molar-refractivity contribution in [2.75, 3.05) is 9.80 Å². The lowest BCUT2D eigenvalue weighted by Crippen LogP contribution is -2.34. The van der Waals surface area contributed by atoms with Crippen LogP contribution in [0.5, 0.6) is 11.5 Å². The third-order valence-electron chi connectivity index (χ3n) is 12.5. The molecular weight excluding hydrogens is 769 g/mol. The number of furan rings is 1. The van der Waals surface area contributed by atoms with Gasteiger partial charge in [-0.1, -0.05) is 146 Å². The SMILES string of the molecule is c1ccc(N(c2ccccc2)c2cc(C3(c4cccc(N(c5ccccc5)c5ccc6c(c5)oc5ccccc56)c4)c4ccccc4Oc4ccccc43)c3ccccc3c2)cc1. The van der Waals surface area contributed by atoms with Crippen molar-refractivity contribution in [3.05, 3.63) is 265 Å². The summed E-state index contributed by atoms with van der Waals surface area (Å²) >= 11 is 0. The van der Waals surface area contributed by atoms with E-state index in [1.165, 1.54) is 0 Å². The summed E-state index contributed by atoms with van der Waals surface area (Å²) in [5.74, 6) is 1.66. The number of benzene rings is 10. The molecule has 0 aliphatic carbocycles. The second-order valence-electron chi connectivity index (χ2n) is 16.1. The van der Waals surface area contributed by atoms with Crippen molar-refractivity contribution in [3.8, 4) is 11.5 Å². The van der Waals surface area contributed by atoms with E-state index in [1.807, 2.05) is 12.1 Å². The molecule has 4 heteroatoms. The highest BCUT2D eigenvalue weighted by atomic mass is 16.5. The summed E-state index contributed by atoms with van der Waals surface area (Å²) in [4.78, 5) is 4.70. The van der Waals surface area contributed by atoms with Crippen LogP contribution in [0.4, 0.5) is 34.1 Å². The molecule has 298 valence electrons. The lowest BCUT2D eigenvalue weighted by molar-refractivity contribution is 0.435. The number of rotatable bonds is 8. The van der Waals surface area contributed by atoms with Gasteiger partial charge in [-0.15, -0.1) is 0 Å². The molecule has 1 aromatic heterocycles. The normalized spacial score (nSPS) is 12.7. The Kier molecular flexibility index (Phi) is 8.68. The van der Waals surface area contributed by atoms with Gasteiger partial charge in [-0.25, -0.2) is 0 Å². The largest absolute Gasteiger partial charge is 0.457 e. The predicted molar refractivity (Wildman–Crippen MR) is 259 cm³/mol. The molecule has 0 atom stereocenters. The van der Waals surface area contributed by atoms with E-state index in [0.29, 0.717) is 0 Å². The molecule has 0 N–H and O–H groups in total. The standard InChI is InChI=1S/C59H40N2O2/c1-4-21-43(22-5-1)60(44-23-6-2-7-24-44)48-37-41-19-10-11-28-49(41)54(39-48)59(52-30-13-16-33-56(52)63-57-34-17-14-31-53(57)59)42-20-18-27-46(38-42)61(45-25-8-3-9-26-45)47-35-36-51-50-29-12-15-32-55(50)62-58(51)40-47/h1-40H. The fourth-order valence-corrected chi connectivity index (χ4v) is 9.84. The molecule has 12 rings (SSSR count). The lowest BCUT2D eigenvalue weighted by Gasteiger charge is -2.43. The third-order valence-corrected chi connectivity index (χ3v) is 12.5. The average molecular weight is 809 g/mol. The summed E-state index contributed by atoms with van der Waals surface area (Å²) < 4.78 is 13.3. The van der Waals surface area contributed by atoms with Crippen LogP contribution < -0.4 is 14.5 Å². The zero-order chi connectivity index (χ0) is 41.7. The molecule has 2 heterocycles. The van der Waals surface area contributed by atoms with Crippen LogP contribution in [0.3, 0.4) is 0 Å². The van der Waals surface area contributed by atoms with Crippen molar-refractivity contribution in [1.82, 2.24) is 0 Å². The number of hydrogen-bond donors (Lipinski definition) is 0. The number of para-hydroxylation sites is 6. The maximum absolute atomic E-state index is 6.86. The summed E-state index contributed by atoms with van der Waals surface area (Å²) in [7, 11) is 0. The van der Waals surface area contributed by atoms with Crippen LogP contribution in [0.2, 0.25) is 0 Å². The first-order valence-electron chi connectivity index (χ1n) is 21.4. The fourth-order valence-electron chi connectivity index (χ4n) is 9.84. The molecule has 0 bridgehead atoms. The van der Waals surface area contributed by atoms with Gasteiger partial charge in [-0.3, -0.25) is 0 Å². The second kappa shape index (κ2) is 15.0. The van der Waals surface area contributed by atoms with Crippen molar-refractivity contribution in [1.29, 1.82) is 0 Å². The second-order valence-corrected chi connectivity index (χ2v) is 16.1. The van der Waals surface area contributed by atoms with Crippen LogP contribution in [0.25, 0.3) is 32.7 Å². The van der Waals surface area contributed by atoms with E-state index >= 15 is 0 Å². The Morgan fingerprint density at radius 2 is 0.810 bits per heavy atom. The van der Waals surface area contributed by atoms with E-state index in [0.717, 1.165) is 101 Å². The minimum absolute atomic E-state index is 0.828. The number of hydrogen-bond acceptors (Lipinski definition) is 4. The Morgan fingerprint density at radius 1 is 0.302 bits per heavy atom. The van der Waals surface area contributed by atoms with Crippen molar-refractivity contribution < 1.29 is 9.15 Å². The molecule has 63 heavy (non-hydrogen) atoms. The summed E-state index contributed by atoms with van der Waals surface area (Å²) in [5.41, 5.74) is 11.6. The van der Waals surface area contributed by atoms with Gasteiger partial charge in [0.05, 0.1) is 5.41 Å². The zero-order valence-electron chi connectivity index (χ0n) is 34.3. The molecule has 0 amide bonds. The number of anilines is 6. The predicted octanol–water partition coefficient (Wildman–Crippen LogP) is 16.2. The fraction of sp³-hybridized carbons (Fsp3) is 0.0169. The van der Waals surface area contributed by atoms with Crippen LogP contribution in [0.15, 0.2) is 247 Å². The lowest BCUT2D eigenvalue weighted by atomic mass is 9.62. The molecule has 0 fully saturated rings. The van der Waals surface area contributed by atoms with Crippen molar-refractivity contribution in [2.45, 2.75) is 5.41 Å². The van der Waals surface area contributed by atoms with Gasteiger partial charge in [0.2, 0.25) is 0 Å². The summed E-state index contributed by atoms with van der Waals surface area (Å²) in [5, 5.41) is 4.51. The Balaban J connectivity index is 1.16. The van der Waals surface area contributed by atoms with E-state index in [2.05, 4.69) is 240 Å². The maximum atomic E-state index is 6.86. The van der Waals surface area contributed by atoms with Gasteiger partial charge in [0.15, 0.2) is 0 Å². The molecule has 10 aromatic carbocycles. The summed E-state index contributed by atoms with van der Waals surface area (Å²) in [6, 6.07) is 86.5. The number of fused-ring (bicyclic) bond motifs is 6. The van der Waals surface area contributed by atoms with Gasteiger partial charge in [0, 0.05) is 62.1 Å². The van der Waals surface area contributed by atoms with Crippen LogP contribution in [-0.2, 0) is 5.41 Å². The first-order chi connectivity index (χ1) is 31.2. The molecule has 11 aromatic rings. The molecule has 0 radical (unpaired) electrons. The molecule has 4 nitrogen and oxygen atoms in total. The van der Waals surface area contributed by atoms with Crippen LogP contribution in [-0.4, -0.2) is 0 Å². The Labute approximate surface area is 366 Å². The summed E-state index contributed by atoms with van der Waals surface area (Å²) in [6.45, 7) is 0. The minimum Gasteiger partial charge on any atom is -0.457 e. The van der Waals surface area contributed by atoms with Crippen LogP contribution in [0, 0.1) is 0 Å². The average Bonchev–Trinajstić information content (AvgIpc) is 3.72. The van der Waals surface area contributed by atoms with Crippen molar-refractivity contribution in [2.24, 2.45) is 0 Å².